The summed E-state index contributed by atoms with van der Waals surface area (Å²) >= 11 is 0. The Hall–Kier alpha value is -2.81. The molecule has 0 bridgehead atoms. The van der Waals surface area contributed by atoms with Crippen molar-refractivity contribution in [3.8, 4) is 17.2 Å². The highest BCUT2D eigenvalue weighted by Gasteiger charge is 2.24. The first-order valence-electron chi connectivity index (χ1n) is 11.8. The minimum Gasteiger partial charge on any atom is -0.493 e. The summed E-state index contributed by atoms with van der Waals surface area (Å²) < 4.78 is 27.8. The van der Waals surface area contributed by atoms with Crippen LogP contribution in [-0.2, 0) is 9.47 Å². The quantitative estimate of drug-likeness (QED) is 0.572. The highest BCUT2D eigenvalue weighted by molar-refractivity contribution is 5.94. The Labute approximate surface area is 201 Å². The summed E-state index contributed by atoms with van der Waals surface area (Å²) in [5.74, 6) is 1.97. The van der Waals surface area contributed by atoms with E-state index in [-0.39, 0.29) is 18.1 Å². The number of hydrogen-bond acceptors (Lipinski definition) is 7. The van der Waals surface area contributed by atoms with Crippen molar-refractivity contribution in [2.45, 2.75) is 25.0 Å². The number of morpholine rings is 1. The van der Waals surface area contributed by atoms with Crippen LogP contribution in [-0.4, -0.2) is 77.2 Å². The molecule has 1 amide bonds. The number of hydrogen-bond donors (Lipinski definition) is 1. The molecule has 2 aromatic rings. The van der Waals surface area contributed by atoms with Gasteiger partial charge in [-0.15, -0.1) is 0 Å². The first kappa shape index (κ1) is 24.3. The molecule has 2 aliphatic rings. The first-order valence-corrected chi connectivity index (χ1v) is 11.8. The average molecular weight is 471 g/mol. The predicted octanol–water partition coefficient (Wildman–Crippen LogP) is 3.06. The maximum Gasteiger partial charge on any atom is 0.251 e. The van der Waals surface area contributed by atoms with Gasteiger partial charge in [0.15, 0.2) is 11.5 Å². The molecule has 0 unspecified atom stereocenters. The third-order valence-electron chi connectivity index (χ3n) is 6.31. The molecule has 8 nitrogen and oxygen atoms in total. The van der Waals surface area contributed by atoms with Gasteiger partial charge in [-0.05, 0) is 54.8 Å². The van der Waals surface area contributed by atoms with Gasteiger partial charge in [-0.3, -0.25) is 9.69 Å². The molecular formula is C26H34N2O6. The van der Waals surface area contributed by atoms with E-state index >= 15 is 0 Å². The molecular weight excluding hydrogens is 436 g/mol. The van der Waals surface area contributed by atoms with Crippen LogP contribution in [0.4, 0.5) is 0 Å². The smallest absolute Gasteiger partial charge is 0.251 e. The van der Waals surface area contributed by atoms with E-state index in [1.807, 2.05) is 30.3 Å². The molecule has 2 atom stereocenters. The number of rotatable bonds is 10. The normalized spacial score (nSPS) is 19.4. The summed E-state index contributed by atoms with van der Waals surface area (Å²) in [6.07, 6.45) is 2.28. The summed E-state index contributed by atoms with van der Waals surface area (Å²) in [4.78, 5) is 15.2. The van der Waals surface area contributed by atoms with Crippen LogP contribution in [0.3, 0.4) is 0 Å². The van der Waals surface area contributed by atoms with E-state index in [2.05, 4.69) is 10.2 Å². The van der Waals surface area contributed by atoms with Crippen LogP contribution in [0.1, 0.15) is 34.8 Å². The molecule has 0 aromatic heterocycles. The number of carbonyl (C=O) groups is 1. The van der Waals surface area contributed by atoms with E-state index in [1.165, 1.54) is 0 Å². The van der Waals surface area contributed by atoms with Gasteiger partial charge in [0, 0.05) is 31.8 Å². The number of carbonyl (C=O) groups excluding carboxylic acids is 1. The lowest BCUT2D eigenvalue weighted by atomic mass is 10.0. The maximum atomic E-state index is 12.9. The van der Waals surface area contributed by atoms with Gasteiger partial charge in [-0.1, -0.05) is 6.07 Å². The fraction of sp³-hybridized carbons (Fsp3) is 0.500. The molecule has 0 spiro atoms. The molecule has 34 heavy (non-hydrogen) atoms. The molecule has 1 N–H and O–H groups in total. The van der Waals surface area contributed by atoms with Gasteiger partial charge in [0.25, 0.3) is 5.91 Å². The Morgan fingerprint density at radius 1 is 1.06 bits per heavy atom. The zero-order valence-corrected chi connectivity index (χ0v) is 20.0. The summed E-state index contributed by atoms with van der Waals surface area (Å²) in [5.41, 5.74) is 1.65. The third kappa shape index (κ3) is 6.20. The lowest BCUT2D eigenvalue weighted by Gasteiger charge is -2.35. The molecule has 8 heteroatoms. The van der Waals surface area contributed by atoms with Gasteiger partial charge in [-0.25, -0.2) is 0 Å². The summed E-state index contributed by atoms with van der Waals surface area (Å²) in [5, 5.41) is 3.10. The highest BCUT2D eigenvalue weighted by Crippen LogP contribution is 2.32. The van der Waals surface area contributed by atoms with Crippen LogP contribution in [0.25, 0.3) is 0 Å². The lowest BCUT2D eigenvalue weighted by Crippen LogP contribution is -2.43. The van der Waals surface area contributed by atoms with E-state index in [0.717, 1.165) is 43.9 Å². The average Bonchev–Trinajstić information content (AvgIpc) is 3.42. The van der Waals surface area contributed by atoms with Crippen LogP contribution in [0.2, 0.25) is 0 Å². The number of ether oxygens (including phenoxy) is 5. The van der Waals surface area contributed by atoms with E-state index in [0.29, 0.717) is 43.4 Å². The van der Waals surface area contributed by atoms with Crippen molar-refractivity contribution >= 4 is 5.91 Å². The first-order chi connectivity index (χ1) is 16.7. The minimum atomic E-state index is -0.121. The van der Waals surface area contributed by atoms with Crippen molar-refractivity contribution in [3.63, 3.8) is 0 Å². The van der Waals surface area contributed by atoms with Crippen LogP contribution >= 0.6 is 0 Å². The van der Waals surface area contributed by atoms with Crippen molar-refractivity contribution in [2.24, 2.45) is 0 Å². The molecule has 0 radical (unpaired) electrons. The zero-order valence-electron chi connectivity index (χ0n) is 20.0. The topological polar surface area (TPSA) is 78.5 Å². The van der Waals surface area contributed by atoms with Crippen molar-refractivity contribution in [3.05, 3.63) is 53.6 Å². The number of benzene rings is 2. The largest absolute Gasteiger partial charge is 0.493 e. The van der Waals surface area contributed by atoms with Gasteiger partial charge < -0.3 is 29.0 Å². The third-order valence-corrected chi connectivity index (χ3v) is 6.31. The Kier molecular flexibility index (Phi) is 8.62. The monoisotopic (exact) mass is 470 g/mol. The summed E-state index contributed by atoms with van der Waals surface area (Å²) in [7, 11) is 3.25. The maximum absolute atomic E-state index is 12.9. The van der Waals surface area contributed by atoms with E-state index in [1.54, 1.807) is 26.4 Å². The van der Waals surface area contributed by atoms with Crippen LogP contribution in [0.15, 0.2) is 42.5 Å². The van der Waals surface area contributed by atoms with E-state index in [9.17, 15) is 4.79 Å². The molecule has 2 fully saturated rings. The van der Waals surface area contributed by atoms with E-state index < -0.39 is 0 Å². The molecule has 2 saturated heterocycles. The predicted molar refractivity (Wildman–Crippen MR) is 128 cm³/mol. The minimum absolute atomic E-state index is 0.0123. The van der Waals surface area contributed by atoms with Crippen LogP contribution in [0.5, 0.6) is 17.2 Å². The second kappa shape index (κ2) is 12.1. The fourth-order valence-corrected chi connectivity index (χ4v) is 4.37. The lowest BCUT2D eigenvalue weighted by molar-refractivity contribution is 0.0162. The number of methoxy groups -OCH3 is 2. The summed E-state index contributed by atoms with van der Waals surface area (Å²) in [6, 6.07) is 13.1. The molecule has 4 rings (SSSR count). The van der Waals surface area contributed by atoms with Crippen molar-refractivity contribution in [2.75, 3.05) is 60.3 Å². The molecule has 2 aromatic carbocycles. The van der Waals surface area contributed by atoms with Crippen molar-refractivity contribution < 1.29 is 28.5 Å². The molecule has 0 saturated carbocycles. The van der Waals surface area contributed by atoms with Gasteiger partial charge in [0.2, 0.25) is 0 Å². The fourth-order valence-electron chi connectivity index (χ4n) is 4.37. The number of nitrogens with one attached hydrogen (secondary N) is 1. The summed E-state index contributed by atoms with van der Waals surface area (Å²) in [6.45, 7) is 4.75. The van der Waals surface area contributed by atoms with Gasteiger partial charge in [-0.2, -0.15) is 0 Å². The highest BCUT2D eigenvalue weighted by atomic mass is 16.5. The van der Waals surface area contributed by atoms with Crippen LogP contribution in [0, 0.1) is 0 Å². The number of nitrogens with zero attached hydrogens (tertiary/aromatic N) is 1. The molecule has 2 heterocycles. The standard InChI is InChI=1S/C26H34N2O6/c1-30-24-10-7-20(16-25(24)31-2)23(28-11-14-32-15-12-28)17-27-26(29)19-5-8-21(9-6-19)34-18-22-4-3-13-33-22/h5-10,16,22-23H,3-4,11-15,17-18H2,1-2H3,(H,27,29)/t22-,23+/m1/s1. The van der Waals surface area contributed by atoms with Crippen molar-refractivity contribution in [1.29, 1.82) is 0 Å². The number of amides is 1. The molecule has 2 aliphatic heterocycles. The van der Waals surface area contributed by atoms with E-state index in [4.69, 9.17) is 23.7 Å². The van der Waals surface area contributed by atoms with Gasteiger partial charge in [0.05, 0.1) is 39.6 Å². The zero-order chi connectivity index (χ0) is 23.8. The Bertz CT molecular complexity index is 923. The Morgan fingerprint density at radius 2 is 1.82 bits per heavy atom. The van der Waals surface area contributed by atoms with Gasteiger partial charge >= 0.3 is 0 Å². The van der Waals surface area contributed by atoms with Crippen LogP contribution < -0.4 is 19.5 Å². The Morgan fingerprint density at radius 3 is 2.50 bits per heavy atom. The van der Waals surface area contributed by atoms with Crippen molar-refractivity contribution in [1.82, 2.24) is 10.2 Å². The van der Waals surface area contributed by atoms with Gasteiger partial charge in [0.1, 0.15) is 12.4 Å². The molecule has 0 aliphatic carbocycles. The molecule has 184 valence electrons. The SMILES string of the molecule is COc1ccc([C@H](CNC(=O)c2ccc(OC[C@H]3CCCO3)cc2)N2CCOCC2)cc1OC. The Balaban J connectivity index is 1.40. The second-order valence-corrected chi connectivity index (χ2v) is 8.46. The second-order valence-electron chi connectivity index (χ2n) is 8.46.